The normalized spacial score (nSPS) is 0. The van der Waals surface area contributed by atoms with Crippen molar-refractivity contribution in [1.29, 1.82) is 0 Å². The molecule has 0 heterocycles. The molecule has 0 unspecified atom stereocenters. The van der Waals surface area contributed by atoms with Crippen LogP contribution >= 0.6 is 0 Å². The zero-order chi connectivity index (χ0) is 0. The van der Waals surface area contributed by atoms with Crippen molar-refractivity contribution in [3.05, 3.63) is 0 Å². The molecule has 0 radical (unpaired) electrons. The van der Waals surface area contributed by atoms with Gasteiger partial charge in [0.25, 0.3) is 0 Å². The summed E-state index contributed by atoms with van der Waals surface area (Å²) >= 11 is 0. The van der Waals surface area contributed by atoms with E-state index >= 15 is 0 Å². The third kappa shape index (κ3) is 3320. The van der Waals surface area contributed by atoms with Gasteiger partial charge in [-0.25, -0.2) is 0 Å². The van der Waals surface area contributed by atoms with Gasteiger partial charge in [-0.2, -0.15) is 0 Å². The van der Waals surface area contributed by atoms with E-state index < -0.39 is 0 Å². The number of hydrogen-bond donors (Lipinski definition) is 0. The Morgan fingerprint density at radius 1 is 0.200 bits per heavy atom. The van der Waals surface area contributed by atoms with E-state index in [0.29, 0.717) is 0 Å². The van der Waals surface area contributed by atoms with Crippen molar-refractivity contribution >= 4 is 63.2 Å². The van der Waals surface area contributed by atoms with Gasteiger partial charge in [0.2, 0.25) is 0 Å². The summed E-state index contributed by atoms with van der Waals surface area (Å²) in [7, 11) is 0. The monoisotopic (exact) mass is 260 g/mol. The van der Waals surface area contributed by atoms with Crippen molar-refractivity contribution in [2.45, 2.75) is 0 Å². The van der Waals surface area contributed by atoms with Crippen molar-refractivity contribution in [3.8, 4) is 0 Å². The van der Waals surface area contributed by atoms with Gasteiger partial charge in [-0.05, 0) is 0 Å². The first kappa shape index (κ1) is 4740. The second-order valence-electron chi connectivity index (χ2n) is 0. The molecule has 0 atom stereocenters. The van der Waals surface area contributed by atoms with Gasteiger partial charge < -0.3 is 54.8 Å². The molecule has 0 aromatic rings. The van der Waals surface area contributed by atoms with E-state index in [-0.39, 0.29) is 118 Å². The molecule has 0 aromatic heterocycles. The molecule has 0 aromatic carbocycles. The third-order valence-electron chi connectivity index (χ3n) is 0. The average Bonchev–Trinajstić information content (AvgIpc) is 0. The molecule has 20 N–H and O–H groups in total. The Morgan fingerprint density at radius 2 is 0.200 bits per heavy atom. The first-order valence-corrected chi connectivity index (χ1v) is 0. The molecule has 0 aliphatic heterocycles. The Bertz CT molecular complexity index is 17.4. The summed E-state index contributed by atoms with van der Waals surface area (Å²) in [5, 5.41) is 0. The third-order valence-corrected chi connectivity index (χ3v) is 0. The molecule has 0 aliphatic rings. The SMILES string of the molecule is B.B.B.B.O.O.O.O.O.O.O.O.O.O.[NaH]. The Balaban J connectivity index is 0. The predicted molar refractivity (Wildman–Crippen MR) is 83.0 cm³/mol. The Kier molecular flexibility index (Phi) is 1220000. The Labute approximate surface area is 118 Å². The van der Waals surface area contributed by atoms with Crippen LogP contribution in [0.4, 0.5) is 0 Å². The average molecular weight is 259 g/mol. The minimum atomic E-state index is 0. The van der Waals surface area contributed by atoms with E-state index in [4.69, 9.17) is 0 Å². The van der Waals surface area contributed by atoms with Gasteiger partial charge in [0.05, 0.1) is 33.7 Å². The summed E-state index contributed by atoms with van der Waals surface area (Å²) < 4.78 is 0. The van der Waals surface area contributed by atoms with Gasteiger partial charge in [0, 0.05) is 0 Å². The quantitative estimate of drug-likeness (QED) is 0.365. The van der Waals surface area contributed by atoms with E-state index in [1.165, 1.54) is 0 Å². The summed E-state index contributed by atoms with van der Waals surface area (Å²) in [5.74, 6) is 0. The standard InChI is InChI=1S/4BH3.Na.10H2O.H/h4*1H3;;10*1H2;. The second kappa shape index (κ2) is 3860. The van der Waals surface area contributed by atoms with Crippen LogP contribution in [-0.4, -0.2) is 118 Å². The van der Waals surface area contributed by atoms with Crippen molar-refractivity contribution in [2.75, 3.05) is 0 Å². The zero-order valence-electron chi connectivity index (χ0n) is 5.00. The number of hydrogen-bond acceptors (Lipinski definition) is 0. The van der Waals surface area contributed by atoms with Crippen LogP contribution in [0, 0.1) is 0 Å². The van der Waals surface area contributed by atoms with E-state index in [9.17, 15) is 0 Å². The van der Waals surface area contributed by atoms with Gasteiger partial charge in [-0.1, -0.05) is 0 Å². The molecule has 15 heavy (non-hydrogen) atoms. The number of rotatable bonds is 0. The summed E-state index contributed by atoms with van der Waals surface area (Å²) in [6.07, 6.45) is 0. The van der Waals surface area contributed by atoms with Gasteiger partial charge in [0.15, 0.2) is 0 Å². The van der Waals surface area contributed by atoms with Crippen molar-refractivity contribution in [1.82, 2.24) is 0 Å². The van der Waals surface area contributed by atoms with E-state index in [1.807, 2.05) is 0 Å². The molecular weight excluding hydrogens is 226 g/mol. The zero-order valence-corrected chi connectivity index (χ0v) is 5.00. The summed E-state index contributed by atoms with van der Waals surface area (Å²) in [6, 6.07) is 0. The Hall–Kier alpha value is 0.860. The van der Waals surface area contributed by atoms with Crippen LogP contribution in [0.1, 0.15) is 0 Å². The Morgan fingerprint density at radius 3 is 0.200 bits per heavy atom. The van der Waals surface area contributed by atoms with E-state index in [0.717, 1.165) is 0 Å². The maximum absolute atomic E-state index is 0. The van der Waals surface area contributed by atoms with Gasteiger partial charge in [-0.3, -0.25) is 0 Å². The molecule has 0 saturated carbocycles. The molecule has 0 bridgehead atoms. The van der Waals surface area contributed by atoms with Gasteiger partial charge in [0.1, 0.15) is 0 Å². The second-order valence-corrected chi connectivity index (χ2v) is 0. The fourth-order valence-electron chi connectivity index (χ4n) is 0. The van der Waals surface area contributed by atoms with Crippen LogP contribution in [0.2, 0.25) is 0 Å². The van der Waals surface area contributed by atoms with E-state index in [1.54, 1.807) is 0 Å². The fraction of sp³-hybridized carbons (Fsp3) is 0. The van der Waals surface area contributed by atoms with Crippen LogP contribution in [0.25, 0.3) is 0 Å². The van der Waals surface area contributed by atoms with Crippen molar-refractivity contribution in [2.24, 2.45) is 0 Å². The van der Waals surface area contributed by atoms with Crippen LogP contribution in [0.15, 0.2) is 0 Å². The molecule has 0 saturated heterocycles. The molecule has 0 spiro atoms. The molecule has 106 valence electrons. The summed E-state index contributed by atoms with van der Waals surface area (Å²) in [4.78, 5) is 0. The molecule has 0 amide bonds. The molecule has 0 fully saturated rings. The van der Waals surface area contributed by atoms with E-state index in [2.05, 4.69) is 0 Å². The fourth-order valence-corrected chi connectivity index (χ4v) is 0. The van der Waals surface area contributed by atoms with Gasteiger partial charge in [-0.15, -0.1) is 0 Å². The minimum absolute atomic E-state index is 0. The van der Waals surface area contributed by atoms with Crippen molar-refractivity contribution < 1.29 is 54.8 Å². The first-order chi connectivity index (χ1) is 0. The van der Waals surface area contributed by atoms with Gasteiger partial charge >= 0.3 is 29.6 Å². The molecule has 0 rings (SSSR count). The molecule has 0 aliphatic carbocycles. The van der Waals surface area contributed by atoms with Crippen LogP contribution in [-0.2, 0) is 0 Å². The summed E-state index contributed by atoms with van der Waals surface area (Å²) in [6.45, 7) is 0. The first-order valence-electron chi connectivity index (χ1n) is 0. The molecular formula is H33B4NaO10. The van der Waals surface area contributed by atoms with Crippen LogP contribution in [0.5, 0.6) is 0 Å². The maximum atomic E-state index is 0. The van der Waals surface area contributed by atoms with Crippen LogP contribution in [0.3, 0.4) is 0 Å². The molecule has 10 nitrogen and oxygen atoms in total. The topological polar surface area (TPSA) is 315 Å². The molecule has 15 heteroatoms. The van der Waals surface area contributed by atoms with Crippen molar-refractivity contribution in [3.63, 3.8) is 0 Å². The summed E-state index contributed by atoms with van der Waals surface area (Å²) in [5.41, 5.74) is 0. The van der Waals surface area contributed by atoms with Crippen LogP contribution < -0.4 is 0 Å². The predicted octanol–water partition coefficient (Wildman–Crippen LogP) is -13.6.